The highest BCUT2D eigenvalue weighted by Gasteiger charge is 2.17. The average Bonchev–Trinajstić information content (AvgIpc) is 3.02. The molecule has 42 heavy (non-hydrogen) atoms. The first-order chi connectivity index (χ1) is 20.3. The van der Waals surface area contributed by atoms with Crippen LogP contribution in [0.25, 0.3) is 11.1 Å². The standard InChI is InChI=1S/C34H38O8/c1-37-29-15-21(16-30(38-2)33(29)41-5)7-9-23-11-13-25(35)19-27(23)28-20-26(36)14-12-24(28)10-8-22-17-31(39-3)34(42-6)32(18-22)40-4/h11-20,35-36H,7-10H2,1-6H3. The molecular formula is C34H38O8. The largest absolute Gasteiger partial charge is 0.508 e. The van der Waals surface area contributed by atoms with Gasteiger partial charge in [0, 0.05) is 0 Å². The third-order valence-electron chi connectivity index (χ3n) is 7.29. The van der Waals surface area contributed by atoms with Crippen LogP contribution in [0.3, 0.4) is 0 Å². The van der Waals surface area contributed by atoms with Crippen LogP contribution in [0.4, 0.5) is 0 Å². The van der Waals surface area contributed by atoms with Gasteiger partial charge in [0.25, 0.3) is 0 Å². The summed E-state index contributed by atoms with van der Waals surface area (Å²) in [7, 11) is 9.55. The Kier molecular flexibility index (Phi) is 9.91. The Hall–Kier alpha value is -4.72. The molecule has 0 aliphatic heterocycles. The summed E-state index contributed by atoms with van der Waals surface area (Å²) >= 11 is 0. The van der Waals surface area contributed by atoms with Gasteiger partial charge in [-0.2, -0.15) is 0 Å². The minimum atomic E-state index is 0.153. The van der Waals surface area contributed by atoms with E-state index in [9.17, 15) is 10.2 Å². The molecule has 0 atom stereocenters. The first kappa shape index (κ1) is 30.2. The lowest BCUT2D eigenvalue weighted by Gasteiger charge is -2.17. The van der Waals surface area contributed by atoms with E-state index in [1.54, 1.807) is 66.9 Å². The molecule has 0 saturated heterocycles. The quantitative estimate of drug-likeness (QED) is 0.190. The number of phenols is 2. The van der Waals surface area contributed by atoms with Crippen molar-refractivity contribution in [1.82, 2.24) is 0 Å². The number of ether oxygens (including phenoxy) is 6. The van der Waals surface area contributed by atoms with Crippen LogP contribution in [0.15, 0.2) is 60.7 Å². The van der Waals surface area contributed by atoms with Gasteiger partial charge in [-0.05, 0) is 108 Å². The Morgan fingerprint density at radius 3 is 1.05 bits per heavy atom. The summed E-state index contributed by atoms with van der Waals surface area (Å²) in [6, 6.07) is 18.5. The van der Waals surface area contributed by atoms with Crippen LogP contribution in [0.1, 0.15) is 22.3 Å². The fourth-order valence-electron chi connectivity index (χ4n) is 5.18. The van der Waals surface area contributed by atoms with Crippen LogP contribution in [-0.4, -0.2) is 52.9 Å². The van der Waals surface area contributed by atoms with Gasteiger partial charge in [0.2, 0.25) is 11.5 Å². The average molecular weight is 575 g/mol. The number of benzene rings is 4. The molecule has 0 aliphatic rings. The van der Waals surface area contributed by atoms with Crippen molar-refractivity contribution in [3.63, 3.8) is 0 Å². The number of hydrogen-bond acceptors (Lipinski definition) is 8. The molecular weight excluding hydrogens is 536 g/mol. The number of phenolic OH excluding ortho intramolecular Hbond substituents is 2. The second kappa shape index (κ2) is 13.8. The van der Waals surface area contributed by atoms with E-state index < -0.39 is 0 Å². The van der Waals surface area contributed by atoms with Crippen molar-refractivity contribution in [3.05, 3.63) is 82.9 Å². The van der Waals surface area contributed by atoms with Gasteiger partial charge in [-0.1, -0.05) is 12.1 Å². The lowest BCUT2D eigenvalue weighted by molar-refractivity contribution is 0.324. The minimum Gasteiger partial charge on any atom is -0.508 e. The molecule has 4 rings (SSSR count). The maximum atomic E-state index is 10.5. The van der Waals surface area contributed by atoms with E-state index in [-0.39, 0.29) is 11.5 Å². The fraction of sp³-hybridized carbons (Fsp3) is 0.294. The van der Waals surface area contributed by atoms with Gasteiger partial charge in [0.1, 0.15) is 11.5 Å². The number of aromatic hydroxyl groups is 2. The maximum absolute atomic E-state index is 10.5. The zero-order valence-corrected chi connectivity index (χ0v) is 24.9. The highest BCUT2D eigenvalue weighted by atomic mass is 16.5. The van der Waals surface area contributed by atoms with Gasteiger partial charge >= 0.3 is 0 Å². The van der Waals surface area contributed by atoms with E-state index in [1.807, 2.05) is 36.4 Å². The Labute approximate surface area is 247 Å². The summed E-state index contributed by atoms with van der Waals surface area (Å²) in [6.45, 7) is 0. The predicted molar refractivity (Wildman–Crippen MR) is 162 cm³/mol. The molecule has 0 radical (unpaired) electrons. The molecule has 0 heterocycles. The smallest absolute Gasteiger partial charge is 0.203 e. The van der Waals surface area contributed by atoms with Gasteiger partial charge in [-0.25, -0.2) is 0 Å². The molecule has 222 valence electrons. The Morgan fingerprint density at radius 2 is 0.762 bits per heavy atom. The SMILES string of the molecule is COc1cc(CCc2ccc(O)cc2-c2cc(O)ccc2CCc2cc(OC)c(OC)c(OC)c2)cc(OC)c1OC. The molecule has 0 unspecified atom stereocenters. The molecule has 0 saturated carbocycles. The van der Waals surface area contributed by atoms with E-state index in [4.69, 9.17) is 28.4 Å². The highest BCUT2D eigenvalue weighted by Crippen LogP contribution is 2.41. The lowest BCUT2D eigenvalue weighted by Crippen LogP contribution is -2.01. The molecule has 0 aromatic heterocycles. The van der Waals surface area contributed by atoms with Gasteiger partial charge in [0.15, 0.2) is 23.0 Å². The highest BCUT2D eigenvalue weighted by molar-refractivity contribution is 5.73. The topological polar surface area (TPSA) is 95.8 Å². The molecule has 8 nitrogen and oxygen atoms in total. The molecule has 0 amide bonds. The monoisotopic (exact) mass is 574 g/mol. The van der Waals surface area contributed by atoms with E-state index in [0.717, 1.165) is 33.4 Å². The van der Waals surface area contributed by atoms with Crippen molar-refractivity contribution in [3.8, 4) is 57.1 Å². The van der Waals surface area contributed by atoms with E-state index in [2.05, 4.69) is 0 Å². The van der Waals surface area contributed by atoms with E-state index in [0.29, 0.717) is 60.2 Å². The zero-order valence-electron chi connectivity index (χ0n) is 24.9. The number of aryl methyl sites for hydroxylation is 4. The van der Waals surface area contributed by atoms with Gasteiger partial charge < -0.3 is 38.6 Å². The summed E-state index contributed by atoms with van der Waals surface area (Å²) in [5.41, 5.74) is 5.81. The predicted octanol–water partition coefficient (Wildman–Crippen LogP) is 6.39. The molecule has 0 spiro atoms. The number of hydrogen-bond donors (Lipinski definition) is 2. The van der Waals surface area contributed by atoms with Crippen molar-refractivity contribution in [1.29, 1.82) is 0 Å². The number of methoxy groups -OCH3 is 6. The van der Waals surface area contributed by atoms with Crippen LogP contribution in [0.5, 0.6) is 46.0 Å². The van der Waals surface area contributed by atoms with Crippen LogP contribution in [-0.2, 0) is 25.7 Å². The summed E-state index contributed by atoms with van der Waals surface area (Å²) in [5.74, 6) is 3.79. The summed E-state index contributed by atoms with van der Waals surface area (Å²) in [5, 5.41) is 20.9. The zero-order chi connectivity index (χ0) is 30.2. The summed E-state index contributed by atoms with van der Waals surface area (Å²) in [4.78, 5) is 0. The van der Waals surface area contributed by atoms with Gasteiger partial charge in [-0.3, -0.25) is 0 Å². The van der Waals surface area contributed by atoms with Crippen molar-refractivity contribution in [2.45, 2.75) is 25.7 Å². The lowest BCUT2D eigenvalue weighted by atomic mass is 9.89. The van der Waals surface area contributed by atoms with Crippen molar-refractivity contribution in [2.24, 2.45) is 0 Å². The third-order valence-corrected chi connectivity index (χ3v) is 7.29. The summed E-state index contributed by atoms with van der Waals surface area (Å²) in [6.07, 6.45) is 2.73. The second-order valence-corrected chi connectivity index (χ2v) is 9.75. The molecule has 0 fully saturated rings. The minimum absolute atomic E-state index is 0.153. The van der Waals surface area contributed by atoms with Crippen molar-refractivity contribution in [2.75, 3.05) is 42.7 Å². The van der Waals surface area contributed by atoms with Crippen molar-refractivity contribution < 1.29 is 38.6 Å². The Balaban J connectivity index is 1.66. The van der Waals surface area contributed by atoms with Crippen LogP contribution in [0, 0.1) is 0 Å². The molecule has 0 aliphatic carbocycles. The maximum Gasteiger partial charge on any atom is 0.203 e. The molecule has 4 aromatic carbocycles. The molecule has 0 bridgehead atoms. The van der Waals surface area contributed by atoms with Gasteiger partial charge in [0.05, 0.1) is 42.7 Å². The van der Waals surface area contributed by atoms with Crippen LogP contribution >= 0.6 is 0 Å². The third kappa shape index (κ3) is 6.60. The van der Waals surface area contributed by atoms with Crippen LogP contribution < -0.4 is 28.4 Å². The van der Waals surface area contributed by atoms with Crippen molar-refractivity contribution >= 4 is 0 Å². The molecule has 2 N–H and O–H groups in total. The first-order valence-corrected chi connectivity index (χ1v) is 13.6. The summed E-state index contributed by atoms with van der Waals surface area (Å²) < 4.78 is 33.0. The normalized spacial score (nSPS) is 10.7. The van der Waals surface area contributed by atoms with Crippen LogP contribution in [0.2, 0.25) is 0 Å². The number of rotatable bonds is 13. The fourth-order valence-corrected chi connectivity index (χ4v) is 5.18. The Morgan fingerprint density at radius 1 is 0.429 bits per heavy atom. The van der Waals surface area contributed by atoms with E-state index >= 15 is 0 Å². The van der Waals surface area contributed by atoms with Gasteiger partial charge in [-0.15, -0.1) is 0 Å². The first-order valence-electron chi connectivity index (χ1n) is 13.6. The molecule has 8 heteroatoms. The Bertz CT molecular complexity index is 1360. The second-order valence-electron chi connectivity index (χ2n) is 9.75. The molecule has 4 aromatic rings. The van der Waals surface area contributed by atoms with E-state index in [1.165, 1.54) is 0 Å².